The molecule has 0 N–H and O–H groups in total. The van der Waals surface area contributed by atoms with Crippen LogP contribution in [0.1, 0.15) is 46.5 Å². The summed E-state index contributed by atoms with van der Waals surface area (Å²) in [4.78, 5) is 25.2. The van der Waals surface area contributed by atoms with Crippen molar-refractivity contribution in [1.82, 2.24) is 0 Å². The zero-order chi connectivity index (χ0) is 17.6. The number of ketones is 1. The van der Waals surface area contributed by atoms with Gasteiger partial charge in [-0.15, -0.1) is 0 Å². The predicted octanol–water partition coefficient (Wildman–Crippen LogP) is 3.89. The third-order valence-corrected chi connectivity index (χ3v) is 3.70. The molecule has 24 heavy (non-hydrogen) atoms. The summed E-state index contributed by atoms with van der Waals surface area (Å²) in [5, 5.41) is 0. The highest BCUT2D eigenvalue weighted by Crippen LogP contribution is 2.21. The maximum absolute atomic E-state index is 12.7. The van der Waals surface area contributed by atoms with E-state index >= 15 is 0 Å². The maximum Gasteiger partial charge on any atom is 0.339 e. The van der Waals surface area contributed by atoms with Gasteiger partial charge in [0.1, 0.15) is 5.60 Å². The van der Waals surface area contributed by atoms with Crippen LogP contribution >= 0.6 is 0 Å². The molecule has 0 aliphatic heterocycles. The highest BCUT2D eigenvalue weighted by Gasteiger charge is 2.26. The molecule has 126 valence electrons. The van der Waals surface area contributed by atoms with Crippen LogP contribution in [0.2, 0.25) is 0 Å². The van der Waals surface area contributed by atoms with Crippen molar-refractivity contribution in [3.8, 4) is 0 Å². The standard InChI is InChI=1S/C20H22O4/c1-20(2,13-14-23-3)24-19(22)17-12-8-7-11-16(17)18(21)15-9-5-4-6-10-15/h4-12H,13-14H2,1-3H3. The van der Waals surface area contributed by atoms with E-state index in [9.17, 15) is 9.59 Å². The molecule has 0 atom stereocenters. The first-order chi connectivity index (χ1) is 11.4. The van der Waals surface area contributed by atoms with Gasteiger partial charge in [-0.2, -0.15) is 0 Å². The van der Waals surface area contributed by atoms with Crippen molar-refractivity contribution in [2.24, 2.45) is 0 Å². The minimum atomic E-state index is -0.671. The second-order valence-electron chi connectivity index (χ2n) is 6.13. The van der Waals surface area contributed by atoms with Crippen molar-refractivity contribution in [3.05, 3.63) is 71.3 Å². The number of rotatable bonds is 7. The number of benzene rings is 2. The lowest BCUT2D eigenvalue weighted by atomic mass is 9.98. The molecule has 0 aliphatic carbocycles. The minimum absolute atomic E-state index is 0.196. The SMILES string of the molecule is COCCC(C)(C)OC(=O)c1ccccc1C(=O)c1ccccc1. The quantitative estimate of drug-likeness (QED) is 0.572. The Balaban J connectivity index is 2.25. The molecule has 0 aliphatic rings. The van der Waals surface area contributed by atoms with Gasteiger partial charge in [0, 0.05) is 31.3 Å². The summed E-state index contributed by atoms with van der Waals surface area (Å²) in [6.07, 6.45) is 0.573. The first kappa shape index (κ1) is 17.9. The summed E-state index contributed by atoms with van der Waals surface area (Å²) < 4.78 is 10.6. The molecule has 0 spiro atoms. The molecular weight excluding hydrogens is 304 g/mol. The number of carbonyl (C=O) groups is 2. The lowest BCUT2D eigenvalue weighted by Crippen LogP contribution is -2.30. The van der Waals surface area contributed by atoms with Crippen LogP contribution in [0.3, 0.4) is 0 Å². The molecule has 0 saturated carbocycles. The molecule has 0 aromatic heterocycles. The zero-order valence-electron chi connectivity index (χ0n) is 14.2. The predicted molar refractivity (Wildman–Crippen MR) is 92.3 cm³/mol. The summed E-state index contributed by atoms with van der Waals surface area (Å²) in [7, 11) is 1.60. The molecule has 0 unspecified atom stereocenters. The lowest BCUT2D eigenvalue weighted by Gasteiger charge is -2.25. The molecule has 0 bridgehead atoms. The van der Waals surface area contributed by atoms with Crippen molar-refractivity contribution >= 4 is 11.8 Å². The van der Waals surface area contributed by atoms with Crippen LogP contribution in [0.15, 0.2) is 54.6 Å². The van der Waals surface area contributed by atoms with Crippen LogP contribution in [-0.2, 0) is 9.47 Å². The second-order valence-corrected chi connectivity index (χ2v) is 6.13. The number of esters is 1. The average molecular weight is 326 g/mol. The Morgan fingerprint density at radius 1 is 0.917 bits per heavy atom. The summed E-state index contributed by atoms with van der Waals surface area (Å²) in [5.74, 6) is -0.700. The number of hydrogen-bond donors (Lipinski definition) is 0. The molecular formula is C20H22O4. The highest BCUT2D eigenvalue weighted by atomic mass is 16.6. The second kappa shape index (κ2) is 7.88. The molecule has 2 aromatic rings. The van der Waals surface area contributed by atoms with Gasteiger partial charge in [-0.3, -0.25) is 4.79 Å². The summed E-state index contributed by atoms with van der Waals surface area (Å²) >= 11 is 0. The van der Waals surface area contributed by atoms with Crippen molar-refractivity contribution in [2.45, 2.75) is 25.9 Å². The Morgan fingerprint density at radius 3 is 2.12 bits per heavy atom. The van der Waals surface area contributed by atoms with Crippen LogP contribution in [0.25, 0.3) is 0 Å². The Morgan fingerprint density at radius 2 is 1.50 bits per heavy atom. The van der Waals surface area contributed by atoms with Gasteiger partial charge in [-0.25, -0.2) is 4.79 Å². The number of carbonyl (C=O) groups excluding carboxylic acids is 2. The number of hydrogen-bond acceptors (Lipinski definition) is 4. The fourth-order valence-corrected chi connectivity index (χ4v) is 2.31. The fourth-order valence-electron chi connectivity index (χ4n) is 2.31. The van der Waals surface area contributed by atoms with Gasteiger partial charge < -0.3 is 9.47 Å². The monoisotopic (exact) mass is 326 g/mol. The molecule has 0 saturated heterocycles. The largest absolute Gasteiger partial charge is 0.456 e. The van der Waals surface area contributed by atoms with E-state index in [2.05, 4.69) is 0 Å². The third kappa shape index (κ3) is 4.52. The molecule has 0 heterocycles. The Labute approximate surface area is 142 Å². The van der Waals surface area contributed by atoms with E-state index in [-0.39, 0.29) is 11.3 Å². The Kier molecular flexibility index (Phi) is 5.88. The molecule has 0 amide bonds. The van der Waals surface area contributed by atoms with Gasteiger partial charge in [0.25, 0.3) is 0 Å². The smallest absolute Gasteiger partial charge is 0.339 e. The number of ether oxygens (including phenoxy) is 2. The van der Waals surface area contributed by atoms with Crippen LogP contribution in [0.5, 0.6) is 0 Å². The normalized spacial score (nSPS) is 11.1. The first-order valence-corrected chi connectivity index (χ1v) is 7.86. The van der Waals surface area contributed by atoms with Gasteiger partial charge in [0.05, 0.1) is 5.56 Å². The first-order valence-electron chi connectivity index (χ1n) is 7.86. The molecule has 4 heteroatoms. The van der Waals surface area contributed by atoms with Gasteiger partial charge in [-0.1, -0.05) is 48.5 Å². The van der Waals surface area contributed by atoms with Gasteiger partial charge in [0.15, 0.2) is 5.78 Å². The molecule has 2 rings (SSSR count). The van der Waals surface area contributed by atoms with Gasteiger partial charge >= 0.3 is 5.97 Å². The van der Waals surface area contributed by atoms with Gasteiger partial charge in [0.2, 0.25) is 0 Å². The Hall–Kier alpha value is -2.46. The van der Waals surface area contributed by atoms with Crippen LogP contribution in [0.4, 0.5) is 0 Å². The van der Waals surface area contributed by atoms with Crippen molar-refractivity contribution in [1.29, 1.82) is 0 Å². The Bertz CT molecular complexity index is 705. The topological polar surface area (TPSA) is 52.6 Å². The van der Waals surface area contributed by atoms with Crippen molar-refractivity contribution in [3.63, 3.8) is 0 Å². The minimum Gasteiger partial charge on any atom is -0.456 e. The highest BCUT2D eigenvalue weighted by molar-refractivity contribution is 6.14. The lowest BCUT2D eigenvalue weighted by molar-refractivity contribution is -0.0139. The van der Waals surface area contributed by atoms with E-state index in [1.807, 2.05) is 19.9 Å². The maximum atomic E-state index is 12.7. The summed E-state index contributed by atoms with van der Waals surface area (Å²) in [6, 6.07) is 15.6. The van der Waals surface area contributed by atoms with E-state index in [0.717, 1.165) is 0 Å². The zero-order valence-corrected chi connectivity index (χ0v) is 14.2. The van der Waals surface area contributed by atoms with E-state index < -0.39 is 11.6 Å². The van der Waals surface area contributed by atoms with Crippen LogP contribution in [0, 0.1) is 0 Å². The van der Waals surface area contributed by atoms with E-state index in [1.165, 1.54) is 0 Å². The number of methoxy groups -OCH3 is 1. The van der Waals surface area contributed by atoms with Crippen LogP contribution < -0.4 is 0 Å². The summed E-state index contributed by atoms with van der Waals surface area (Å²) in [5.41, 5.74) is 0.486. The molecule has 0 radical (unpaired) electrons. The fraction of sp³-hybridized carbons (Fsp3) is 0.300. The van der Waals surface area contributed by atoms with Gasteiger partial charge in [-0.05, 0) is 19.9 Å². The molecule has 2 aromatic carbocycles. The third-order valence-electron chi connectivity index (χ3n) is 3.70. The van der Waals surface area contributed by atoms with E-state index in [1.54, 1.807) is 55.6 Å². The summed E-state index contributed by atoms with van der Waals surface area (Å²) in [6.45, 7) is 4.14. The van der Waals surface area contributed by atoms with E-state index in [0.29, 0.717) is 24.2 Å². The average Bonchev–Trinajstić information content (AvgIpc) is 2.59. The van der Waals surface area contributed by atoms with Crippen molar-refractivity contribution in [2.75, 3.05) is 13.7 Å². The molecule has 0 fully saturated rings. The van der Waals surface area contributed by atoms with E-state index in [4.69, 9.17) is 9.47 Å². The molecule has 4 nitrogen and oxygen atoms in total. The van der Waals surface area contributed by atoms with Crippen molar-refractivity contribution < 1.29 is 19.1 Å². The van der Waals surface area contributed by atoms with Crippen LogP contribution in [-0.4, -0.2) is 31.1 Å².